The highest BCUT2D eigenvalue weighted by Crippen LogP contribution is 2.15. The smallest absolute Gasteiger partial charge is 0.322 e. The van der Waals surface area contributed by atoms with Gasteiger partial charge in [0.05, 0.1) is 0 Å². The van der Waals surface area contributed by atoms with Gasteiger partial charge in [-0.15, -0.1) is 0 Å². The monoisotopic (exact) mass is 331 g/mol. The molecule has 2 fully saturated rings. The molecule has 128 valence electrons. The van der Waals surface area contributed by atoms with Crippen molar-refractivity contribution in [3.63, 3.8) is 0 Å². The molecule has 1 aromatic heterocycles. The molecule has 1 aromatic rings. The SMILES string of the molecule is Cc1ccnc(N2CCN(C(=O)CCC3NC(=O)NC3=O)CC2)c1. The van der Waals surface area contributed by atoms with E-state index in [0.29, 0.717) is 19.5 Å². The van der Waals surface area contributed by atoms with Gasteiger partial charge in [-0.25, -0.2) is 9.78 Å². The van der Waals surface area contributed by atoms with Gasteiger partial charge in [-0.3, -0.25) is 14.9 Å². The van der Waals surface area contributed by atoms with Crippen molar-refractivity contribution in [3.05, 3.63) is 23.9 Å². The maximum Gasteiger partial charge on any atom is 0.322 e. The van der Waals surface area contributed by atoms with Crippen LogP contribution in [0, 0.1) is 6.92 Å². The number of nitrogens with zero attached hydrogens (tertiary/aromatic N) is 3. The molecule has 3 rings (SSSR count). The third-order valence-corrected chi connectivity index (χ3v) is 4.36. The van der Waals surface area contributed by atoms with Gasteiger partial charge < -0.3 is 15.1 Å². The summed E-state index contributed by atoms with van der Waals surface area (Å²) in [5.74, 6) is 0.594. The van der Waals surface area contributed by atoms with Crippen LogP contribution in [0.3, 0.4) is 0 Å². The van der Waals surface area contributed by atoms with Crippen molar-refractivity contribution in [2.24, 2.45) is 0 Å². The molecule has 2 aliphatic rings. The first kappa shape index (κ1) is 16.2. The molecule has 0 saturated carbocycles. The van der Waals surface area contributed by atoms with Crippen molar-refractivity contribution in [2.45, 2.75) is 25.8 Å². The quantitative estimate of drug-likeness (QED) is 0.759. The third-order valence-electron chi connectivity index (χ3n) is 4.36. The van der Waals surface area contributed by atoms with Crippen LogP contribution in [0.25, 0.3) is 0 Å². The van der Waals surface area contributed by atoms with Crippen LogP contribution in [0.4, 0.5) is 10.6 Å². The molecule has 0 spiro atoms. The zero-order valence-electron chi connectivity index (χ0n) is 13.6. The number of hydrogen-bond acceptors (Lipinski definition) is 5. The van der Waals surface area contributed by atoms with Crippen molar-refractivity contribution >= 4 is 23.7 Å². The second-order valence-corrected chi connectivity index (χ2v) is 6.11. The van der Waals surface area contributed by atoms with Gasteiger partial charge in [0.15, 0.2) is 0 Å². The summed E-state index contributed by atoms with van der Waals surface area (Å²) in [4.78, 5) is 43.2. The number of amides is 4. The zero-order chi connectivity index (χ0) is 17.1. The van der Waals surface area contributed by atoms with E-state index in [1.54, 1.807) is 11.1 Å². The van der Waals surface area contributed by atoms with Gasteiger partial charge in [0.2, 0.25) is 5.91 Å². The fourth-order valence-electron chi connectivity index (χ4n) is 2.97. The number of hydrogen-bond donors (Lipinski definition) is 2. The van der Waals surface area contributed by atoms with Gasteiger partial charge in [0, 0.05) is 38.8 Å². The largest absolute Gasteiger partial charge is 0.353 e. The van der Waals surface area contributed by atoms with Crippen molar-refractivity contribution in [2.75, 3.05) is 31.1 Å². The molecule has 2 saturated heterocycles. The summed E-state index contributed by atoms with van der Waals surface area (Å²) in [6, 6.07) is 2.91. The Bertz CT molecular complexity index is 655. The van der Waals surface area contributed by atoms with Crippen molar-refractivity contribution < 1.29 is 14.4 Å². The van der Waals surface area contributed by atoms with Crippen LogP contribution in [0.15, 0.2) is 18.3 Å². The van der Waals surface area contributed by atoms with Gasteiger partial charge in [0.25, 0.3) is 5.91 Å². The Hall–Kier alpha value is -2.64. The predicted octanol–water partition coefficient (Wildman–Crippen LogP) is 0.0268. The summed E-state index contributed by atoms with van der Waals surface area (Å²) >= 11 is 0. The number of nitrogens with one attached hydrogen (secondary N) is 2. The molecule has 2 N–H and O–H groups in total. The van der Waals surface area contributed by atoms with E-state index in [0.717, 1.165) is 24.5 Å². The highest BCUT2D eigenvalue weighted by Gasteiger charge is 2.30. The molecule has 8 heteroatoms. The Kier molecular flexibility index (Phi) is 4.64. The predicted molar refractivity (Wildman–Crippen MR) is 87.5 cm³/mol. The highest BCUT2D eigenvalue weighted by molar-refractivity contribution is 6.04. The minimum atomic E-state index is -0.598. The summed E-state index contributed by atoms with van der Waals surface area (Å²) in [6.45, 7) is 4.78. The summed E-state index contributed by atoms with van der Waals surface area (Å²) in [5.41, 5.74) is 1.16. The first-order valence-corrected chi connectivity index (χ1v) is 8.09. The zero-order valence-corrected chi connectivity index (χ0v) is 13.6. The Morgan fingerprint density at radius 1 is 1.29 bits per heavy atom. The van der Waals surface area contributed by atoms with E-state index >= 15 is 0 Å². The number of aryl methyl sites for hydroxylation is 1. The van der Waals surface area contributed by atoms with E-state index in [1.165, 1.54) is 0 Å². The van der Waals surface area contributed by atoms with Crippen molar-refractivity contribution in [1.29, 1.82) is 0 Å². The molecule has 24 heavy (non-hydrogen) atoms. The lowest BCUT2D eigenvalue weighted by Gasteiger charge is -2.35. The molecule has 0 aliphatic carbocycles. The van der Waals surface area contributed by atoms with Crippen LogP contribution in [0.1, 0.15) is 18.4 Å². The Morgan fingerprint density at radius 2 is 2.04 bits per heavy atom. The summed E-state index contributed by atoms with van der Waals surface area (Å²) < 4.78 is 0. The number of rotatable bonds is 4. The molecular formula is C16H21N5O3. The number of piperazine rings is 1. The molecule has 8 nitrogen and oxygen atoms in total. The van der Waals surface area contributed by atoms with Crippen LogP contribution in [0.5, 0.6) is 0 Å². The maximum atomic E-state index is 12.3. The van der Waals surface area contributed by atoms with Gasteiger partial charge in [-0.2, -0.15) is 0 Å². The van der Waals surface area contributed by atoms with Crippen LogP contribution >= 0.6 is 0 Å². The third kappa shape index (κ3) is 3.64. The molecule has 1 unspecified atom stereocenters. The Balaban J connectivity index is 1.47. The molecule has 0 radical (unpaired) electrons. The number of carbonyl (C=O) groups excluding carboxylic acids is 3. The molecule has 2 aliphatic heterocycles. The first-order valence-electron chi connectivity index (χ1n) is 8.09. The number of anilines is 1. The van der Waals surface area contributed by atoms with Gasteiger partial charge in [-0.05, 0) is 31.0 Å². The standard InChI is InChI=1S/C16H21N5O3/c1-11-4-5-17-13(10-11)20-6-8-21(9-7-20)14(22)3-2-12-15(23)19-16(24)18-12/h4-5,10,12H,2-3,6-9H2,1H3,(H2,18,19,23,24). The van der Waals surface area contributed by atoms with Crippen molar-refractivity contribution in [1.82, 2.24) is 20.5 Å². The highest BCUT2D eigenvalue weighted by atomic mass is 16.2. The van der Waals surface area contributed by atoms with Crippen LogP contribution in [-0.4, -0.2) is 60.0 Å². The number of carbonyl (C=O) groups is 3. The minimum absolute atomic E-state index is 0.0146. The number of imide groups is 1. The van der Waals surface area contributed by atoms with Crippen LogP contribution in [-0.2, 0) is 9.59 Å². The number of pyridine rings is 1. The number of urea groups is 1. The van der Waals surface area contributed by atoms with Crippen LogP contribution < -0.4 is 15.5 Å². The fraction of sp³-hybridized carbons (Fsp3) is 0.500. The second-order valence-electron chi connectivity index (χ2n) is 6.11. The molecule has 3 heterocycles. The van der Waals surface area contributed by atoms with Gasteiger partial charge in [0.1, 0.15) is 11.9 Å². The number of aromatic nitrogens is 1. The van der Waals surface area contributed by atoms with E-state index in [2.05, 4.69) is 20.5 Å². The molecule has 0 bridgehead atoms. The van der Waals surface area contributed by atoms with Crippen molar-refractivity contribution in [3.8, 4) is 0 Å². The Labute approximate surface area is 140 Å². The maximum absolute atomic E-state index is 12.3. The van der Waals surface area contributed by atoms with Gasteiger partial charge >= 0.3 is 6.03 Å². The van der Waals surface area contributed by atoms with Gasteiger partial charge in [-0.1, -0.05) is 0 Å². The average molecular weight is 331 g/mol. The van der Waals surface area contributed by atoms with E-state index < -0.39 is 12.1 Å². The lowest BCUT2D eigenvalue weighted by atomic mass is 10.1. The summed E-state index contributed by atoms with van der Waals surface area (Å²) in [6.07, 6.45) is 2.38. The van der Waals surface area contributed by atoms with Crippen LogP contribution in [0.2, 0.25) is 0 Å². The normalized spacial score (nSPS) is 20.8. The average Bonchev–Trinajstić information content (AvgIpc) is 2.90. The molecule has 0 aromatic carbocycles. The molecule has 4 amide bonds. The topological polar surface area (TPSA) is 94.6 Å². The van der Waals surface area contributed by atoms with E-state index in [4.69, 9.17) is 0 Å². The fourth-order valence-corrected chi connectivity index (χ4v) is 2.97. The second kappa shape index (κ2) is 6.86. The molecule has 1 atom stereocenters. The molecular weight excluding hydrogens is 310 g/mol. The summed E-state index contributed by atoms with van der Waals surface area (Å²) in [5, 5.41) is 4.68. The lowest BCUT2D eigenvalue weighted by Crippen LogP contribution is -2.49. The van der Waals surface area contributed by atoms with E-state index in [1.807, 2.05) is 19.1 Å². The first-order chi connectivity index (χ1) is 11.5. The van der Waals surface area contributed by atoms with E-state index in [-0.39, 0.29) is 18.2 Å². The Morgan fingerprint density at radius 3 is 2.67 bits per heavy atom. The lowest BCUT2D eigenvalue weighted by molar-refractivity contribution is -0.131. The van der Waals surface area contributed by atoms with E-state index in [9.17, 15) is 14.4 Å². The summed E-state index contributed by atoms with van der Waals surface area (Å²) in [7, 11) is 0. The minimum Gasteiger partial charge on any atom is -0.353 e.